The number of carbonyl (C=O) groups is 1. The summed E-state index contributed by atoms with van der Waals surface area (Å²) in [4.78, 5) is 28.4. The highest BCUT2D eigenvalue weighted by molar-refractivity contribution is 7.18. The van der Waals surface area contributed by atoms with E-state index in [0.717, 1.165) is 48.0 Å². The highest BCUT2D eigenvalue weighted by Crippen LogP contribution is 2.35. The molecule has 0 saturated carbocycles. The van der Waals surface area contributed by atoms with Gasteiger partial charge < -0.3 is 10.2 Å². The summed E-state index contributed by atoms with van der Waals surface area (Å²) in [5.41, 5.74) is 1.86. The van der Waals surface area contributed by atoms with Gasteiger partial charge in [0, 0.05) is 36.7 Å². The van der Waals surface area contributed by atoms with Crippen molar-refractivity contribution in [3.63, 3.8) is 0 Å². The van der Waals surface area contributed by atoms with Crippen LogP contribution < -0.4 is 10.2 Å². The Bertz CT molecular complexity index is 1040. The molecule has 6 nitrogen and oxygen atoms in total. The summed E-state index contributed by atoms with van der Waals surface area (Å²) in [5, 5.41) is 3.97. The van der Waals surface area contributed by atoms with Crippen LogP contribution in [0.3, 0.4) is 0 Å². The van der Waals surface area contributed by atoms with Crippen LogP contribution in [0.1, 0.15) is 16.3 Å². The van der Waals surface area contributed by atoms with Gasteiger partial charge in [0.25, 0.3) is 0 Å². The molecule has 0 radical (unpaired) electrons. The Labute approximate surface area is 173 Å². The van der Waals surface area contributed by atoms with Gasteiger partial charge in [-0.05, 0) is 50.6 Å². The molecule has 1 N–H and O–H groups in total. The summed E-state index contributed by atoms with van der Waals surface area (Å²) in [6, 6.07) is 5.82. The third kappa shape index (κ3) is 4.23. The third-order valence-electron chi connectivity index (χ3n) is 5.29. The second kappa shape index (κ2) is 8.04. The minimum atomic E-state index is -0.316. The number of carbonyl (C=O) groups excluding carboxylic acids is 1. The first kappa shape index (κ1) is 19.7. The molecule has 3 aromatic rings. The fraction of sp³-hybridized carbons (Fsp3) is 0.381. The van der Waals surface area contributed by atoms with E-state index in [1.54, 1.807) is 23.5 Å². The molecule has 0 aliphatic carbocycles. The molecule has 0 spiro atoms. The van der Waals surface area contributed by atoms with Crippen molar-refractivity contribution in [3.8, 4) is 0 Å². The molecule has 2 aromatic heterocycles. The summed E-state index contributed by atoms with van der Waals surface area (Å²) < 4.78 is 13.0. The number of hydrogen-bond donors (Lipinski definition) is 1. The first-order chi connectivity index (χ1) is 13.9. The normalized spacial score (nSPS) is 15.1. The zero-order chi connectivity index (χ0) is 20.5. The maximum absolute atomic E-state index is 13.0. The van der Waals surface area contributed by atoms with Gasteiger partial charge in [0.1, 0.15) is 22.3 Å². The molecule has 1 aliphatic heterocycles. The summed E-state index contributed by atoms with van der Waals surface area (Å²) in [6.45, 7) is 9.69. The Hall–Kier alpha value is -2.58. The molecule has 29 heavy (non-hydrogen) atoms. The lowest BCUT2D eigenvalue weighted by molar-refractivity contribution is -0.117. The van der Waals surface area contributed by atoms with Crippen LogP contribution in [0.15, 0.2) is 24.3 Å². The lowest BCUT2D eigenvalue weighted by Gasteiger charge is -2.35. The van der Waals surface area contributed by atoms with E-state index in [4.69, 9.17) is 4.98 Å². The van der Waals surface area contributed by atoms with E-state index in [0.29, 0.717) is 12.2 Å². The van der Waals surface area contributed by atoms with Crippen molar-refractivity contribution in [1.82, 2.24) is 14.9 Å². The molecule has 1 aliphatic rings. The fourth-order valence-electron chi connectivity index (χ4n) is 3.62. The van der Waals surface area contributed by atoms with Gasteiger partial charge in [0.2, 0.25) is 5.91 Å². The molecule has 3 heterocycles. The van der Waals surface area contributed by atoms with E-state index in [2.05, 4.69) is 33.9 Å². The van der Waals surface area contributed by atoms with Gasteiger partial charge in [0.05, 0.1) is 11.9 Å². The van der Waals surface area contributed by atoms with Crippen molar-refractivity contribution >= 4 is 39.0 Å². The average Bonchev–Trinajstić information content (AvgIpc) is 2.97. The van der Waals surface area contributed by atoms with Crippen molar-refractivity contribution in [2.75, 3.05) is 42.9 Å². The van der Waals surface area contributed by atoms with E-state index in [1.807, 2.05) is 6.92 Å². The number of halogens is 1. The van der Waals surface area contributed by atoms with E-state index >= 15 is 0 Å². The van der Waals surface area contributed by atoms with Crippen molar-refractivity contribution in [1.29, 1.82) is 0 Å². The Kier molecular flexibility index (Phi) is 5.47. The summed E-state index contributed by atoms with van der Waals surface area (Å²) in [7, 11) is 0. The predicted octanol–water partition coefficient (Wildman–Crippen LogP) is 3.52. The van der Waals surface area contributed by atoms with Crippen molar-refractivity contribution < 1.29 is 9.18 Å². The standard InChI is InChI=1S/C21H24FN5OS/c1-13-14(2)29-21-19(13)20(23-15(3)24-21)27-10-8-26(9-11-27)12-18(28)25-17-6-4-16(22)5-7-17/h4-7H,8-12H2,1-3H3,(H,25,28). The second-order valence-corrected chi connectivity index (χ2v) is 8.58. The largest absolute Gasteiger partial charge is 0.353 e. The second-order valence-electron chi connectivity index (χ2n) is 7.38. The molecular weight excluding hydrogens is 389 g/mol. The van der Waals surface area contributed by atoms with Crippen molar-refractivity contribution in [2.24, 2.45) is 0 Å². The number of anilines is 2. The lowest BCUT2D eigenvalue weighted by Crippen LogP contribution is -2.49. The Morgan fingerprint density at radius 2 is 1.79 bits per heavy atom. The van der Waals surface area contributed by atoms with Gasteiger partial charge in [-0.3, -0.25) is 9.69 Å². The molecular formula is C21H24FN5OS. The fourth-order valence-corrected chi connectivity index (χ4v) is 4.69. The molecule has 4 rings (SSSR count). The maximum Gasteiger partial charge on any atom is 0.238 e. The number of rotatable bonds is 4. The van der Waals surface area contributed by atoms with Crippen LogP contribution in [0, 0.1) is 26.6 Å². The number of nitrogens with one attached hydrogen (secondary N) is 1. The number of nitrogens with zero attached hydrogens (tertiary/aromatic N) is 4. The number of amides is 1. The highest BCUT2D eigenvalue weighted by Gasteiger charge is 2.23. The smallest absolute Gasteiger partial charge is 0.238 e. The van der Waals surface area contributed by atoms with Crippen molar-refractivity contribution in [2.45, 2.75) is 20.8 Å². The monoisotopic (exact) mass is 413 g/mol. The summed E-state index contributed by atoms with van der Waals surface area (Å²) in [5.74, 6) is 1.39. The minimum Gasteiger partial charge on any atom is -0.353 e. The topological polar surface area (TPSA) is 61.4 Å². The molecule has 0 unspecified atom stereocenters. The van der Waals surface area contributed by atoms with Crippen LogP contribution in [-0.4, -0.2) is 53.5 Å². The molecule has 0 atom stereocenters. The average molecular weight is 414 g/mol. The SMILES string of the molecule is Cc1nc(N2CCN(CC(=O)Nc3ccc(F)cc3)CC2)c2c(C)c(C)sc2n1. The molecule has 8 heteroatoms. The summed E-state index contributed by atoms with van der Waals surface area (Å²) >= 11 is 1.72. The minimum absolute atomic E-state index is 0.0883. The number of thiophene rings is 1. The van der Waals surface area contributed by atoms with Gasteiger partial charge in [-0.2, -0.15) is 0 Å². The van der Waals surface area contributed by atoms with Crippen LogP contribution in [0.2, 0.25) is 0 Å². The molecule has 1 fully saturated rings. The maximum atomic E-state index is 13.0. The molecule has 1 saturated heterocycles. The number of fused-ring (bicyclic) bond motifs is 1. The lowest BCUT2D eigenvalue weighted by atomic mass is 10.2. The third-order valence-corrected chi connectivity index (χ3v) is 6.39. The van der Waals surface area contributed by atoms with E-state index in [-0.39, 0.29) is 11.7 Å². The number of hydrogen-bond acceptors (Lipinski definition) is 6. The Balaban J connectivity index is 1.40. The van der Waals surface area contributed by atoms with Gasteiger partial charge in [-0.1, -0.05) is 0 Å². The number of piperazine rings is 1. The van der Waals surface area contributed by atoms with Crippen LogP contribution >= 0.6 is 11.3 Å². The van der Waals surface area contributed by atoms with Gasteiger partial charge >= 0.3 is 0 Å². The van der Waals surface area contributed by atoms with Crippen LogP contribution in [0.5, 0.6) is 0 Å². The molecule has 152 valence electrons. The van der Waals surface area contributed by atoms with Crippen LogP contribution in [0.4, 0.5) is 15.9 Å². The first-order valence-electron chi connectivity index (χ1n) is 9.68. The number of aromatic nitrogens is 2. The van der Waals surface area contributed by atoms with Gasteiger partial charge in [0.15, 0.2) is 0 Å². The van der Waals surface area contributed by atoms with Gasteiger partial charge in [-0.15, -0.1) is 11.3 Å². The summed E-state index contributed by atoms with van der Waals surface area (Å²) in [6.07, 6.45) is 0. The zero-order valence-corrected chi connectivity index (χ0v) is 17.6. The Morgan fingerprint density at radius 1 is 1.10 bits per heavy atom. The quantitative estimate of drug-likeness (QED) is 0.709. The number of benzene rings is 1. The van der Waals surface area contributed by atoms with Crippen molar-refractivity contribution in [3.05, 3.63) is 46.3 Å². The predicted molar refractivity (Wildman–Crippen MR) is 115 cm³/mol. The van der Waals surface area contributed by atoms with E-state index in [9.17, 15) is 9.18 Å². The zero-order valence-electron chi connectivity index (χ0n) is 16.8. The molecule has 0 bridgehead atoms. The first-order valence-corrected chi connectivity index (χ1v) is 10.5. The molecule has 1 amide bonds. The van der Waals surface area contributed by atoms with E-state index < -0.39 is 0 Å². The van der Waals surface area contributed by atoms with Crippen LogP contribution in [-0.2, 0) is 4.79 Å². The van der Waals surface area contributed by atoms with Gasteiger partial charge in [-0.25, -0.2) is 14.4 Å². The number of aryl methyl sites for hydroxylation is 3. The van der Waals surface area contributed by atoms with E-state index in [1.165, 1.54) is 22.6 Å². The highest BCUT2D eigenvalue weighted by atomic mass is 32.1. The Morgan fingerprint density at radius 3 is 2.48 bits per heavy atom. The van der Waals surface area contributed by atoms with Crippen LogP contribution in [0.25, 0.3) is 10.2 Å². The molecule has 1 aromatic carbocycles.